The van der Waals surface area contributed by atoms with Crippen LogP contribution in [-0.4, -0.2) is 12.1 Å². The molecule has 0 spiro atoms. The van der Waals surface area contributed by atoms with Crippen molar-refractivity contribution in [2.75, 3.05) is 0 Å². The number of carbonyl (C=O) groups is 1. The highest BCUT2D eigenvalue weighted by Gasteiger charge is 2.21. The average molecular weight is 314 g/mol. The molecule has 0 aliphatic rings. The molecule has 0 heterocycles. The number of rotatable bonds is 5. The van der Waals surface area contributed by atoms with Crippen molar-refractivity contribution >= 4 is 12.1 Å². The fraction of sp³-hybridized carbons (Fsp3) is 0.0476. The Kier molecular flexibility index (Phi) is 5.15. The van der Waals surface area contributed by atoms with E-state index < -0.39 is 0 Å². The van der Waals surface area contributed by atoms with Gasteiger partial charge in [-0.2, -0.15) is 5.10 Å². The number of hydrogen-bond donors (Lipinski definition) is 1. The van der Waals surface area contributed by atoms with E-state index in [0.717, 1.165) is 16.7 Å². The molecule has 0 aliphatic carbocycles. The van der Waals surface area contributed by atoms with Gasteiger partial charge in [0.05, 0.1) is 12.1 Å². The van der Waals surface area contributed by atoms with E-state index in [4.69, 9.17) is 0 Å². The predicted octanol–water partition coefficient (Wildman–Crippen LogP) is 3.97. The zero-order valence-corrected chi connectivity index (χ0v) is 13.2. The first-order valence-corrected chi connectivity index (χ1v) is 7.82. The smallest absolute Gasteiger partial charge is 0.252 e. The van der Waals surface area contributed by atoms with Crippen molar-refractivity contribution in [2.45, 2.75) is 5.92 Å². The van der Waals surface area contributed by atoms with Crippen LogP contribution in [0.4, 0.5) is 0 Å². The van der Waals surface area contributed by atoms with Crippen LogP contribution in [0.15, 0.2) is 96.1 Å². The molecule has 3 rings (SSSR count). The second-order valence-corrected chi connectivity index (χ2v) is 5.40. The van der Waals surface area contributed by atoms with Crippen LogP contribution in [0.2, 0.25) is 0 Å². The summed E-state index contributed by atoms with van der Waals surface area (Å²) >= 11 is 0. The molecule has 3 aromatic carbocycles. The lowest BCUT2D eigenvalue weighted by Gasteiger charge is -2.16. The van der Waals surface area contributed by atoms with Crippen LogP contribution in [0.3, 0.4) is 0 Å². The third-order valence-electron chi connectivity index (χ3n) is 3.72. The van der Waals surface area contributed by atoms with Gasteiger partial charge < -0.3 is 0 Å². The third-order valence-corrected chi connectivity index (χ3v) is 3.72. The number of nitrogens with one attached hydrogen (secondary N) is 1. The summed E-state index contributed by atoms with van der Waals surface area (Å²) < 4.78 is 0. The second kappa shape index (κ2) is 7.88. The van der Waals surface area contributed by atoms with Gasteiger partial charge in [-0.1, -0.05) is 91.0 Å². The van der Waals surface area contributed by atoms with E-state index in [2.05, 4.69) is 10.5 Å². The maximum atomic E-state index is 12.7. The van der Waals surface area contributed by atoms with Crippen LogP contribution in [0.5, 0.6) is 0 Å². The lowest BCUT2D eigenvalue weighted by Crippen LogP contribution is -2.26. The van der Waals surface area contributed by atoms with Crippen molar-refractivity contribution in [3.63, 3.8) is 0 Å². The first kappa shape index (κ1) is 15.7. The van der Waals surface area contributed by atoms with Crippen molar-refractivity contribution in [1.29, 1.82) is 0 Å². The van der Waals surface area contributed by atoms with Crippen molar-refractivity contribution in [3.8, 4) is 0 Å². The van der Waals surface area contributed by atoms with Gasteiger partial charge in [-0.15, -0.1) is 0 Å². The molecule has 118 valence electrons. The predicted molar refractivity (Wildman–Crippen MR) is 96.9 cm³/mol. The molecule has 0 radical (unpaired) electrons. The minimum Gasteiger partial charge on any atom is -0.272 e. The Morgan fingerprint density at radius 2 is 1.21 bits per heavy atom. The standard InChI is InChI=1S/C21H18N2O/c24-21(23-22-16-17-10-4-1-5-11-17)20(18-12-6-2-7-13-18)19-14-8-3-9-15-19/h1-16,20H,(H,23,24)/b22-16+. The van der Waals surface area contributed by atoms with Crippen LogP contribution in [-0.2, 0) is 4.79 Å². The molecule has 0 saturated heterocycles. The van der Waals surface area contributed by atoms with Gasteiger partial charge in [0.2, 0.25) is 0 Å². The number of hydrogen-bond acceptors (Lipinski definition) is 2. The largest absolute Gasteiger partial charge is 0.272 e. The van der Waals surface area contributed by atoms with E-state index in [1.807, 2.05) is 91.0 Å². The molecular weight excluding hydrogens is 296 g/mol. The Balaban J connectivity index is 1.81. The highest BCUT2D eigenvalue weighted by Crippen LogP contribution is 2.24. The molecule has 0 unspecified atom stereocenters. The highest BCUT2D eigenvalue weighted by molar-refractivity contribution is 5.88. The SMILES string of the molecule is O=C(N/N=C/c1ccccc1)C(c1ccccc1)c1ccccc1. The van der Waals surface area contributed by atoms with E-state index in [0.29, 0.717) is 0 Å². The van der Waals surface area contributed by atoms with Gasteiger partial charge in [0.15, 0.2) is 0 Å². The lowest BCUT2D eigenvalue weighted by atomic mass is 9.91. The van der Waals surface area contributed by atoms with Crippen molar-refractivity contribution < 1.29 is 4.79 Å². The van der Waals surface area contributed by atoms with Crippen LogP contribution in [0.1, 0.15) is 22.6 Å². The lowest BCUT2D eigenvalue weighted by molar-refractivity contribution is -0.121. The van der Waals surface area contributed by atoms with Gasteiger partial charge >= 0.3 is 0 Å². The first-order chi connectivity index (χ1) is 11.8. The second-order valence-electron chi connectivity index (χ2n) is 5.40. The average Bonchev–Trinajstić information content (AvgIpc) is 2.65. The van der Waals surface area contributed by atoms with E-state index in [1.165, 1.54) is 0 Å². The van der Waals surface area contributed by atoms with Gasteiger partial charge in [0.1, 0.15) is 0 Å². The Morgan fingerprint density at radius 1 is 0.750 bits per heavy atom. The van der Waals surface area contributed by atoms with Crippen molar-refractivity contribution in [3.05, 3.63) is 108 Å². The highest BCUT2D eigenvalue weighted by atomic mass is 16.2. The summed E-state index contributed by atoms with van der Waals surface area (Å²) in [4.78, 5) is 12.7. The van der Waals surface area contributed by atoms with E-state index in [9.17, 15) is 4.79 Å². The molecule has 1 amide bonds. The third kappa shape index (κ3) is 3.96. The molecule has 3 heteroatoms. The normalized spacial score (nSPS) is 10.9. The summed E-state index contributed by atoms with van der Waals surface area (Å²) in [6.07, 6.45) is 1.64. The van der Waals surface area contributed by atoms with Gasteiger partial charge in [-0.3, -0.25) is 4.79 Å². The molecular formula is C21H18N2O. The Labute approximate surface area is 141 Å². The summed E-state index contributed by atoms with van der Waals surface area (Å²) in [6, 6.07) is 29.1. The van der Waals surface area contributed by atoms with Crippen LogP contribution >= 0.6 is 0 Å². The fourth-order valence-corrected chi connectivity index (χ4v) is 2.56. The van der Waals surface area contributed by atoms with E-state index in [1.54, 1.807) is 6.21 Å². The summed E-state index contributed by atoms with van der Waals surface area (Å²) in [5, 5.41) is 4.09. The Morgan fingerprint density at radius 3 is 1.71 bits per heavy atom. The number of hydrazone groups is 1. The molecule has 0 atom stereocenters. The fourth-order valence-electron chi connectivity index (χ4n) is 2.56. The van der Waals surface area contributed by atoms with Gasteiger partial charge in [0.25, 0.3) is 5.91 Å². The number of benzene rings is 3. The van der Waals surface area contributed by atoms with E-state index in [-0.39, 0.29) is 11.8 Å². The maximum absolute atomic E-state index is 12.7. The molecule has 0 aliphatic heterocycles. The van der Waals surface area contributed by atoms with Gasteiger partial charge in [-0.05, 0) is 16.7 Å². The molecule has 0 bridgehead atoms. The minimum atomic E-state index is -0.389. The summed E-state index contributed by atoms with van der Waals surface area (Å²) in [6.45, 7) is 0. The molecule has 0 aromatic heterocycles. The molecule has 1 N–H and O–H groups in total. The summed E-state index contributed by atoms with van der Waals surface area (Å²) in [5.74, 6) is -0.542. The number of amides is 1. The maximum Gasteiger partial charge on any atom is 0.252 e. The molecule has 24 heavy (non-hydrogen) atoms. The van der Waals surface area contributed by atoms with Crippen LogP contribution in [0.25, 0.3) is 0 Å². The summed E-state index contributed by atoms with van der Waals surface area (Å²) in [7, 11) is 0. The Hall–Kier alpha value is -3.20. The van der Waals surface area contributed by atoms with Gasteiger partial charge in [-0.25, -0.2) is 5.43 Å². The molecule has 3 nitrogen and oxygen atoms in total. The Bertz CT molecular complexity index is 760. The number of carbonyl (C=O) groups excluding carboxylic acids is 1. The monoisotopic (exact) mass is 314 g/mol. The molecule has 3 aromatic rings. The quantitative estimate of drug-likeness (QED) is 0.562. The zero-order valence-electron chi connectivity index (χ0n) is 13.2. The van der Waals surface area contributed by atoms with Crippen LogP contribution < -0.4 is 5.43 Å². The topological polar surface area (TPSA) is 41.5 Å². The first-order valence-electron chi connectivity index (χ1n) is 7.82. The number of nitrogens with zero attached hydrogens (tertiary/aromatic N) is 1. The van der Waals surface area contributed by atoms with Crippen molar-refractivity contribution in [1.82, 2.24) is 5.43 Å². The van der Waals surface area contributed by atoms with Gasteiger partial charge in [0, 0.05) is 0 Å². The molecule has 0 saturated carbocycles. The zero-order chi connectivity index (χ0) is 16.6. The van der Waals surface area contributed by atoms with Crippen LogP contribution in [0, 0.1) is 0 Å². The summed E-state index contributed by atoms with van der Waals surface area (Å²) in [5.41, 5.74) is 5.48. The van der Waals surface area contributed by atoms with E-state index >= 15 is 0 Å². The molecule has 0 fully saturated rings. The van der Waals surface area contributed by atoms with Crippen molar-refractivity contribution in [2.24, 2.45) is 5.10 Å². The minimum absolute atomic E-state index is 0.153.